The van der Waals surface area contributed by atoms with Crippen LogP contribution < -0.4 is 43.2 Å². The third kappa shape index (κ3) is 16.5. The number of nitrogens with one attached hydrogen (secondary N) is 5. The van der Waals surface area contributed by atoms with Crippen LogP contribution in [-0.2, 0) is 30.4 Å². The number of benzene rings is 2. The topological polar surface area (TPSA) is 241 Å². The molecule has 0 aliphatic carbocycles. The fourth-order valence-electron chi connectivity index (χ4n) is 5.38. The lowest BCUT2D eigenvalue weighted by Gasteiger charge is -2.27. The Hall–Kier alpha value is -4.12. The summed E-state index contributed by atoms with van der Waals surface area (Å²) in [6, 6.07) is 9.09. The number of rotatable bonds is 23. The number of hydrogen-bond donors (Lipinski definition) is 9. The van der Waals surface area contributed by atoms with Crippen molar-refractivity contribution in [1.82, 2.24) is 26.6 Å². The molecule has 4 atom stereocenters. The molecule has 52 heavy (non-hydrogen) atoms. The second-order valence-corrected chi connectivity index (χ2v) is 14.1. The number of unbranched alkanes of at least 4 members (excludes halogenated alkanes) is 2. The Morgan fingerprint density at radius 3 is 1.77 bits per heavy atom. The van der Waals surface area contributed by atoms with Gasteiger partial charge in [-0.3, -0.25) is 24.0 Å². The number of thiol groups is 2. The minimum atomic E-state index is -1.43. The first-order chi connectivity index (χ1) is 24.7. The molecule has 14 nitrogen and oxygen atoms in total. The van der Waals surface area contributed by atoms with E-state index >= 15 is 0 Å². The van der Waals surface area contributed by atoms with E-state index in [1.807, 2.05) is 13.8 Å². The maximum absolute atomic E-state index is 13.8. The van der Waals surface area contributed by atoms with Crippen molar-refractivity contribution in [2.24, 2.45) is 5.92 Å². The molecule has 0 saturated heterocycles. The van der Waals surface area contributed by atoms with Crippen LogP contribution in [0.25, 0.3) is 0 Å². The van der Waals surface area contributed by atoms with Gasteiger partial charge in [0.05, 0.1) is 31.6 Å². The number of aliphatic carboxylic acids is 1. The molecule has 0 fully saturated rings. The van der Waals surface area contributed by atoms with Crippen LogP contribution in [-0.4, -0.2) is 79.3 Å². The first-order valence-corrected chi connectivity index (χ1v) is 18.5. The zero-order chi connectivity index (χ0) is 38.6. The Kier molecular flexibility index (Phi) is 19.9. The monoisotopic (exact) mass is 760 g/mol. The lowest BCUT2D eigenvalue weighted by atomic mass is 10.0. The van der Waals surface area contributed by atoms with Gasteiger partial charge in [0, 0.05) is 21.8 Å². The third-order valence-electron chi connectivity index (χ3n) is 8.07. The zero-order valence-electron chi connectivity index (χ0n) is 30.0. The normalized spacial score (nSPS) is 13.3. The first kappa shape index (κ1) is 44.0. The lowest BCUT2D eigenvalue weighted by Crippen LogP contribution is -2.59. The van der Waals surface area contributed by atoms with Gasteiger partial charge in [0.2, 0.25) is 23.6 Å². The van der Waals surface area contributed by atoms with E-state index in [0.717, 1.165) is 5.56 Å². The van der Waals surface area contributed by atoms with Crippen molar-refractivity contribution in [3.05, 3.63) is 59.7 Å². The number of carboxylic acid groups (broad SMARTS) is 1. The first-order valence-electron chi connectivity index (χ1n) is 17.6. The van der Waals surface area contributed by atoms with Crippen LogP contribution in [0.3, 0.4) is 0 Å². The van der Waals surface area contributed by atoms with E-state index in [9.17, 15) is 33.9 Å². The molecule has 0 heterocycles. The van der Waals surface area contributed by atoms with Gasteiger partial charge in [-0.15, -0.1) is 25.3 Å². The van der Waals surface area contributed by atoms with Gasteiger partial charge < -0.3 is 48.0 Å². The van der Waals surface area contributed by atoms with E-state index in [0.29, 0.717) is 48.6 Å². The summed E-state index contributed by atoms with van der Waals surface area (Å²) in [5.41, 5.74) is 8.59. The number of carbonyl (C=O) groups is 6. The molecular weight excluding hydrogens is 707 g/mol. The van der Waals surface area contributed by atoms with Crippen molar-refractivity contribution >= 4 is 60.8 Å². The van der Waals surface area contributed by atoms with E-state index in [4.69, 9.17) is 0 Å². The van der Waals surface area contributed by atoms with Crippen LogP contribution in [0.1, 0.15) is 74.7 Å². The minimum Gasteiger partial charge on any atom is -0.548 e. The number of carbonyl (C=O) groups excluding carboxylic acids is 6. The number of quaternary nitrogens is 2. The van der Waals surface area contributed by atoms with Gasteiger partial charge in [-0.25, -0.2) is 0 Å². The van der Waals surface area contributed by atoms with Crippen LogP contribution in [0.15, 0.2) is 58.3 Å². The smallest absolute Gasteiger partial charge is 0.251 e. The highest BCUT2D eigenvalue weighted by Crippen LogP contribution is 2.16. The van der Waals surface area contributed by atoms with Crippen LogP contribution in [0.5, 0.6) is 0 Å². The predicted octanol–water partition coefficient (Wildman–Crippen LogP) is -1.20. The van der Waals surface area contributed by atoms with Gasteiger partial charge in [-0.2, -0.15) is 0 Å². The largest absolute Gasteiger partial charge is 0.548 e. The van der Waals surface area contributed by atoms with Gasteiger partial charge in [0.25, 0.3) is 5.91 Å². The van der Waals surface area contributed by atoms with Crippen molar-refractivity contribution in [2.45, 2.75) is 99.2 Å². The Morgan fingerprint density at radius 2 is 1.21 bits per heavy atom. The molecule has 0 spiro atoms. The molecule has 5 amide bonds. The summed E-state index contributed by atoms with van der Waals surface area (Å²) in [6.07, 6.45) is 3.05. The molecule has 2 rings (SSSR count). The second-order valence-electron chi connectivity index (χ2n) is 13.1. The average Bonchev–Trinajstić information content (AvgIpc) is 3.08. The van der Waals surface area contributed by atoms with Crippen LogP contribution >= 0.6 is 25.3 Å². The van der Waals surface area contributed by atoms with Gasteiger partial charge >= 0.3 is 0 Å². The van der Waals surface area contributed by atoms with E-state index in [1.54, 1.807) is 36.4 Å². The second kappa shape index (κ2) is 23.4. The Balaban J connectivity index is 2.23. The molecule has 0 aliphatic rings. The fraction of sp³-hybridized carbons (Fsp3) is 0.500. The third-order valence-corrected chi connectivity index (χ3v) is 8.58. The standard InChI is InChI=1S/C36H53N7O7S2/c1-22(2)16-29(40-31(44)21-39-32(45)24-18-25(51)20-26(52)19-24)34(47)41-27(12-6-8-14-37)33(46)43-30(17-23-10-4-3-5-11-23)35(48)42-28(36(49)50)13-7-9-15-38/h3-5,10-11,18-20,22,27-30,51-52H,6-9,12-17,21,37-38H2,1-2H3,(H,39,45)(H,40,44)(H,41,47)(H,42,48)(H,43,46)(H,49,50)/p+1/t27-,28-,29-,30-/m0/s1. The van der Waals surface area contributed by atoms with Gasteiger partial charge in [0.1, 0.15) is 18.1 Å². The maximum Gasteiger partial charge on any atom is 0.251 e. The highest BCUT2D eigenvalue weighted by Gasteiger charge is 2.31. The Morgan fingerprint density at radius 1 is 0.692 bits per heavy atom. The summed E-state index contributed by atoms with van der Waals surface area (Å²) < 4.78 is 0. The number of carboxylic acids is 1. The fourth-order valence-corrected chi connectivity index (χ4v) is 6.04. The number of amides is 5. The quantitative estimate of drug-likeness (QED) is 0.0495. The summed E-state index contributed by atoms with van der Waals surface area (Å²) >= 11 is 8.50. The molecule has 11 N–H and O–H groups in total. The molecule has 0 aliphatic heterocycles. The summed E-state index contributed by atoms with van der Waals surface area (Å²) in [6.45, 7) is 4.55. The maximum atomic E-state index is 13.8. The van der Waals surface area contributed by atoms with Crippen LogP contribution in [0.2, 0.25) is 0 Å². The summed E-state index contributed by atoms with van der Waals surface area (Å²) in [5, 5.41) is 25.1. The number of hydrogen-bond acceptors (Lipinski definition) is 9. The van der Waals surface area contributed by atoms with Gasteiger partial charge in [-0.05, 0) is 74.6 Å². The van der Waals surface area contributed by atoms with E-state index in [-0.39, 0.29) is 37.2 Å². The van der Waals surface area contributed by atoms with Crippen molar-refractivity contribution in [3.63, 3.8) is 0 Å². The predicted molar refractivity (Wildman–Crippen MR) is 199 cm³/mol. The molecule has 16 heteroatoms. The molecule has 0 saturated carbocycles. The SMILES string of the molecule is CC(C)C[C@H](NC(=O)CNC(=O)c1cc(S)cc(S)c1)C(=O)N[C@@H](CCCC[NH3+])C(=O)N[C@@H](Cc1ccccc1)C(=O)N[C@@H](CCCC[NH3+])C(=O)[O-]. The Bertz CT molecular complexity index is 1480. The van der Waals surface area contributed by atoms with Crippen molar-refractivity contribution in [3.8, 4) is 0 Å². The summed E-state index contributed by atoms with van der Waals surface area (Å²) in [7, 11) is 0. The van der Waals surface area contributed by atoms with Crippen LogP contribution in [0, 0.1) is 5.92 Å². The van der Waals surface area contributed by atoms with Crippen molar-refractivity contribution in [1.29, 1.82) is 0 Å². The zero-order valence-corrected chi connectivity index (χ0v) is 31.7. The van der Waals surface area contributed by atoms with Gasteiger partial charge in [-0.1, -0.05) is 44.2 Å². The molecule has 2 aromatic carbocycles. The molecule has 286 valence electrons. The van der Waals surface area contributed by atoms with Crippen LogP contribution in [0.4, 0.5) is 0 Å². The molecule has 2 aromatic rings. The van der Waals surface area contributed by atoms with Gasteiger partial charge in [0.15, 0.2) is 0 Å². The highest BCUT2D eigenvalue weighted by molar-refractivity contribution is 7.81. The summed E-state index contributed by atoms with van der Waals surface area (Å²) in [4.78, 5) is 79.5. The lowest BCUT2D eigenvalue weighted by molar-refractivity contribution is -0.369. The van der Waals surface area contributed by atoms with Crippen molar-refractivity contribution in [2.75, 3.05) is 19.6 Å². The summed E-state index contributed by atoms with van der Waals surface area (Å²) in [5.74, 6) is -4.56. The molecular formula is C36H54N7O7S2+. The average molecular weight is 761 g/mol. The minimum absolute atomic E-state index is 0.0276. The van der Waals surface area contributed by atoms with E-state index < -0.39 is 66.2 Å². The molecule has 0 radical (unpaired) electrons. The molecule has 0 aromatic heterocycles. The Labute approximate surface area is 316 Å². The van der Waals surface area contributed by atoms with Crippen molar-refractivity contribution < 1.29 is 45.3 Å². The molecule has 0 bridgehead atoms. The molecule has 0 unspecified atom stereocenters. The van der Waals surface area contributed by atoms with E-state index in [1.165, 1.54) is 12.1 Å². The highest BCUT2D eigenvalue weighted by atomic mass is 32.1. The van der Waals surface area contributed by atoms with E-state index in [2.05, 4.69) is 63.3 Å².